The van der Waals surface area contributed by atoms with Gasteiger partial charge in [0.15, 0.2) is 0 Å². The Morgan fingerprint density at radius 3 is 2.41 bits per heavy atom. The number of benzene rings is 1. The van der Waals surface area contributed by atoms with Crippen LogP contribution in [0.25, 0.3) is 0 Å². The zero-order valence-corrected chi connectivity index (χ0v) is 20.3. The Bertz CT molecular complexity index is 1050. The first-order valence-electron chi connectivity index (χ1n) is 10.6. The highest BCUT2D eigenvalue weighted by molar-refractivity contribution is 7.89. The number of halogens is 1. The van der Waals surface area contributed by atoms with Gasteiger partial charge in [-0.15, -0.1) is 0 Å². The van der Waals surface area contributed by atoms with Crippen LogP contribution in [-0.2, 0) is 14.8 Å². The van der Waals surface area contributed by atoms with Crippen LogP contribution in [0.1, 0.15) is 38.1 Å². The standard InChI is InChI=1S/C22H29ClN4O4S/c1-5-27(6-2)32(29,30)20-11-17(7-9-19(20)23)22(28)25-18-8-10-21(24-12-18)26-13-15(3)31-16(4)14-26/h7-12,15-16H,5-6,13-14H2,1-4H3,(H,25,28). The second-order valence-corrected chi connectivity index (χ2v) is 10.1. The number of rotatable bonds is 7. The summed E-state index contributed by atoms with van der Waals surface area (Å²) in [4.78, 5) is 19.3. The first kappa shape index (κ1) is 24.4. The number of nitrogens with zero attached hydrogens (tertiary/aromatic N) is 3. The zero-order chi connectivity index (χ0) is 23.5. The second-order valence-electron chi connectivity index (χ2n) is 7.76. The number of pyridine rings is 1. The van der Waals surface area contributed by atoms with Crippen molar-refractivity contribution in [2.75, 3.05) is 36.4 Å². The molecule has 0 spiro atoms. The summed E-state index contributed by atoms with van der Waals surface area (Å²) in [6.07, 6.45) is 1.82. The van der Waals surface area contributed by atoms with Crippen molar-refractivity contribution in [2.24, 2.45) is 0 Å². The number of morpholine rings is 1. The second kappa shape index (κ2) is 10.2. The fourth-order valence-electron chi connectivity index (χ4n) is 3.76. The van der Waals surface area contributed by atoms with Gasteiger partial charge >= 0.3 is 0 Å². The Morgan fingerprint density at radius 2 is 1.84 bits per heavy atom. The number of anilines is 2. The van der Waals surface area contributed by atoms with E-state index in [1.807, 2.05) is 19.9 Å². The van der Waals surface area contributed by atoms with E-state index < -0.39 is 15.9 Å². The van der Waals surface area contributed by atoms with Gasteiger partial charge in [0.1, 0.15) is 10.7 Å². The summed E-state index contributed by atoms with van der Waals surface area (Å²) >= 11 is 6.15. The van der Waals surface area contributed by atoms with Crippen molar-refractivity contribution in [2.45, 2.75) is 44.8 Å². The lowest BCUT2D eigenvalue weighted by Gasteiger charge is -2.36. The molecule has 1 amide bonds. The van der Waals surface area contributed by atoms with Crippen LogP contribution in [0, 0.1) is 0 Å². The summed E-state index contributed by atoms with van der Waals surface area (Å²) in [6.45, 7) is 9.67. The van der Waals surface area contributed by atoms with Crippen LogP contribution in [-0.4, -0.2) is 62.0 Å². The van der Waals surface area contributed by atoms with E-state index in [-0.39, 0.29) is 27.7 Å². The topological polar surface area (TPSA) is 91.8 Å². The molecule has 10 heteroatoms. The fraction of sp³-hybridized carbons (Fsp3) is 0.455. The van der Waals surface area contributed by atoms with Crippen molar-refractivity contribution in [3.63, 3.8) is 0 Å². The number of carbonyl (C=O) groups is 1. The van der Waals surface area contributed by atoms with Gasteiger partial charge in [0.2, 0.25) is 10.0 Å². The molecule has 1 aliphatic heterocycles. The minimum Gasteiger partial charge on any atom is -0.372 e. The zero-order valence-electron chi connectivity index (χ0n) is 18.7. The number of amides is 1. The molecule has 2 heterocycles. The molecule has 8 nitrogen and oxygen atoms in total. The van der Waals surface area contributed by atoms with Gasteiger partial charge in [0.05, 0.1) is 29.1 Å². The Morgan fingerprint density at radius 1 is 1.19 bits per heavy atom. The lowest BCUT2D eigenvalue weighted by Crippen LogP contribution is -2.45. The van der Waals surface area contributed by atoms with Crippen LogP contribution in [0.5, 0.6) is 0 Å². The average Bonchev–Trinajstić information content (AvgIpc) is 2.74. The molecule has 1 aromatic carbocycles. The number of sulfonamides is 1. The summed E-state index contributed by atoms with van der Waals surface area (Å²) in [5.41, 5.74) is 0.705. The molecule has 1 N–H and O–H groups in total. The third-order valence-electron chi connectivity index (χ3n) is 5.27. The predicted octanol–water partition coefficient (Wildman–Crippen LogP) is 3.63. The highest BCUT2D eigenvalue weighted by Gasteiger charge is 2.26. The molecular formula is C22H29ClN4O4S. The Balaban J connectivity index is 1.76. The molecule has 1 saturated heterocycles. The van der Waals surface area contributed by atoms with Gasteiger partial charge in [0.25, 0.3) is 5.91 Å². The van der Waals surface area contributed by atoms with E-state index in [2.05, 4.69) is 15.2 Å². The van der Waals surface area contributed by atoms with Crippen LogP contribution < -0.4 is 10.2 Å². The Kier molecular flexibility index (Phi) is 7.76. The van der Waals surface area contributed by atoms with E-state index in [4.69, 9.17) is 16.3 Å². The first-order chi connectivity index (χ1) is 15.1. The molecule has 0 radical (unpaired) electrons. The molecule has 2 atom stereocenters. The van der Waals surface area contributed by atoms with Crippen molar-refractivity contribution in [3.8, 4) is 0 Å². The van der Waals surface area contributed by atoms with Crippen LogP contribution in [0.15, 0.2) is 41.4 Å². The first-order valence-corrected chi connectivity index (χ1v) is 12.4. The van der Waals surface area contributed by atoms with Gasteiger partial charge < -0.3 is 15.0 Å². The molecule has 1 fully saturated rings. The van der Waals surface area contributed by atoms with Crippen LogP contribution >= 0.6 is 11.6 Å². The number of aromatic nitrogens is 1. The summed E-state index contributed by atoms with van der Waals surface area (Å²) < 4.78 is 32.8. The molecule has 174 valence electrons. The third kappa shape index (κ3) is 5.40. The molecule has 3 rings (SSSR count). The molecule has 2 unspecified atom stereocenters. The Labute approximate surface area is 194 Å². The molecule has 0 bridgehead atoms. The van der Waals surface area contributed by atoms with E-state index in [0.29, 0.717) is 18.8 Å². The van der Waals surface area contributed by atoms with Gasteiger partial charge in [0, 0.05) is 31.7 Å². The normalized spacial score (nSPS) is 19.2. The summed E-state index contributed by atoms with van der Waals surface area (Å²) in [6, 6.07) is 7.85. The van der Waals surface area contributed by atoms with Gasteiger partial charge in [-0.25, -0.2) is 13.4 Å². The van der Waals surface area contributed by atoms with Crippen molar-refractivity contribution in [3.05, 3.63) is 47.1 Å². The van der Waals surface area contributed by atoms with Gasteiger partial charge in [-0.1, -0.05) is 25.4 Å². The minimum atomic E-state index is -3.79. The van der Waals surface area contributed by atoms with Gasteiger partial charge in [-0.3, -0.25) is 4.79 Å². The minimum absolute atomic E-state index is 0.0773. The molecule has 2 aromatic rings. The lowest BCUT2D eigenvalue weighted by atomic mass is 10.2. The van der Waals surface area contributed by atoms with Crippen molar-refractivity contribution < 1.29 is 17.9 Å². The summed E-state index contributed by atoms with van der Waals surface area (Å²) in [5.74, 6) is 0.366. The van der Waals surface area contributed by atoms with Crippen LogP contribution in [0.3, 0.4) is 0 Å². The summed E-state index contributed by atoms with van der Waals surface area (Å²) in [5, 5.41) is 2.84. The maximum absolute atomic E-state index is 12.9. The van der Waals surface area contributed by atoms with Crippen molar-refractivity contribution in [1.82, 2.24) is 9.29 Å². The number of hydrogen-bond donors (Lipinski definition) is 1. The molecule has 32 heavy (non-hydrogen) atoms. The maximum atomic E-state index is 12.9. The fourth-order valence-corrected chi connectivity index (χ4v) is 5.72. The van der Waals surface area contributed by atoms with E-state index >= 15 is 0 Å². The van der Waals surface area contributed by atoms with Crippen LogP contribution in [0.4, 0.5) is 11.5 Å². The number of nitrogens with one attached hydrogen (secondary N) is 1. The van der Waals surface area contributed by atoms with Gasteiger partial charge in [-0.05, 0) is 44.2 Å². The van der Waals surface area contributed by atoms with E-state index in [1.54, 1.807) is 26.1 Å². The molecule has 0 aliphatic carbocycles. The lowest BCUT2D eigenvalue weighted by molar-refractivity contribution is -0.00545. The Hall–Kier alpha value is -2.20. The largest absolute Gasteiger partial charge is 0.372 e. The SMILES string of the molecule is CCN(CC)S(=O)(=O)c1cc(C(=O)Nc2ccc(N3CC(C)OC(C)C3)nc2)ccc1Cl. The highest BCUT2D eigenvalue weighted by atomic mass is 35.5. The molecule has 1 aromatic heterocycles. The van der Waals surface area contributed by atoms with Crippen molar-refractivity contribution in [1.29, 1.82) is 0 Å². The number of ether oxygens (including phenoxy) is 1. The monoisotopic (exact) mass is 480 g/mol. The smallest absolute Gasteiger partial charge is 0.255 e. The maximum Gasteiger partial charge on any atom is 0.255 e. The quantitative estimate of drug-likeness (QED) is 0.650. The molecule has 1 aliphatic rings. The molecular weight excluding hydrogens is 452 g/mol. The number of carbonyl (C=O) groups excluding carboxylic acids is 1. The van der Waals surface area contributed by atoms with E-state index in [1.165, 1.54) is 22.5 Å². The van der Waals surface area contributed by atoms with E-state index in [9.17, 15) is 13.2 Å². The van der Waals surface area contributed by atoms with Gasteiger partial charge in [-0.2, -0.15) is 4.31 Å². The summed E-state index contributed by atoms with van der Waals surface area (Å²) in [7, 11) is -3.79. The van der Waals surface area contributed by atoms with Crippen LogP contribution in [0.2, 0.25) is 5.02 Å². The molecule has 0 saturated carbocycles. The van der Waals surface area contributed by atoms with E-state index in [0.717, 1.165) is 18.9 Å². The highest BCUT2D eigenvalue weighted by Crippen LogP contribution is 2.26. The van der Waals surface area contributed by atoms with Crippen molar-refractivity contribution >= 4 is 39.0 Å². The average molecular weight is 481 g/mol. The number of hydrogen-bond acceptors (Lipinski definition) is 6. The third-order valence-corrected chi connectivity index (χ3v) is 7.80. The predicted molar refractivity (Wildman–Crippen MR) is 126 cm³/mol.